The molecule has 1 aromatic heterocycles. The summed E-state index contributed by atoms with van der Waals surface area (Å²) in [5, 5.41) is 16.0. The van der Waals surface area contributed by atoms with E-state index in [0.717, 1.165) is 5.56 Å². The summed E-state index contributed by atoms with van der Waals surface area (Å²) in [7, 11) is 0. The first-order valence-corrected chi connectivity index (χ1v) is 4.12. The van der Waals surface area contributed by atoms with Gasteiger partial charge >= 0.3 is 0 Å². The molecule has 0 bridgehead atoms. The number of hydrogen-bond donors (Lipinski definition) is 2. The van der Waals surface area contributed by atoms with Gasteiger partial charge < -0.3 is 15.6 Å². The molecule has 0 aliphatic heterocycles. The van der Waals surface area contributed by atoms with Crippen molar-refractivity contribution in [1.82, 2.24) is 10.2 Å². The highest BCUT2D eigenvalue weighted by molar-refractivity contribution is 5.22. The highest BCUT2D eigenvalue weighted by atomic mass is 16.5. The van der Waals surface area contributed by atoms with E-state index >= 15 is 0 Å². The highest BCUT2D eigenvalue weighted by Crippen LogP contribution is 2.11. The number of aliphatic hydroxyl groups excluding tert-OH is 1. The smallest absolute Gasteiger partial charge is 0.237 e. The van der Waals surface area contributed by atoms with Crippen LogP contribution in [0.2, 0.25) is 0 Å². The Bertz CT molecular complexity index is 255. The van der Waals surface area contributed by atoms with Gasteiger partial charge in [0.2, 0.25) is 5.88 Å². The van der Waals surface area contributed by atoms with E-state index in [-0.39, 0.29) is 6.61 Å². The standard InChI is InChI=1S/C8H13N3O2/c9-6-7-2-3-10-11-8(7)13-5-1-4-12/h2-3,12H,1,4-6,9H2. The summed E-state index contributed by atoms with van der Waals surface area (Å²) in [6.45, 7) is 0.921. The molecule has 0 atom stereocenters. The van der Waals surface area contributed by atoms with Gasteiger partial charge in [-0.3, -0.25) is 0 Å². The van der Waals surface area contributed by atoms with E-state index < -0.39 is 0 Å². The first-order valence-electron chi connectivity index (χ1n) is 4.12. The predicted molar refractivity (Wildman–Crippen MR) is 47.1 cm³/mol. The van der Waals surface area contributed by atoms with Gasteiger partial charge in [-0.25, -0.2) is 0 Å². The van der Waals surface area contributed by atoms with E-state index in [2.05, 4.69) is 10.2 Å². The number of ether oxygens (including phenoxy) is 1. The van der Waals surface area contributed by atoms with Gasteiger partial charge in [-0.05, 0) is 6.07 Å². The fraction of sp³-hybridized carbons (Fsp3) is 0.500. The quantitative estimate of drug-likeness (QED) is 0.612. The average Bonchev–Trinajstić information content (AvgIpc) is 2.19. The van der Waals surface area contributed by atoms with Crippen molar-refractivity contribution in [2.45, 2.75) is 13.0 Å². The first-order chi connectivity index (χ1) is 6.38. The Morgan fingerprint density at radius 3 is 3.08 bits per heavy atom. The van der Waals surface area contributed by atoms with Crippen LogP contribution in [0.25, 0.3) is 0 Å². The topological polar surface area (TPSA) is 81.3 Å². The minimum absolute atomic E-state index is 0.109. The molecule has 0 saturated heterocycles. The zero-order chi connectivity index (χ0) is 9.52. The van der Waals surface area contributed by atoms with Gasteiger partial charge in [-0.15, -0.1) is 5.10 Å². The molecule has 72 valence electrons. The van der Waals surface area contributed by atoms with Crippen LogP contribution < -0.4 is 10.5 Å². The molecule has 13 heavy (non-hydrogen) atoms. The summed E-state index contributed by atoms with van der Waals surface area (Å²) < 4.78 is 5.25. The lowest BCUT2D eigenvalue weighted by molar-refractivity contribution is 0.226. The zero-order valence-corrected chi connectivity index (χ0v) is 7.31. The van der Waals surface area contributed by atoms with E-state index in [9.17, 15) is 0 Å². The van der Waals surface area contributed by atoms with E-state index in [1.54, 1.807) is 12.3 Å². The number of nitrogens with two attached hydrogens (primary N) is 1. The summed E-state index contributed by atoms with van der Waals surface area (Å²) in [5.74, 6) is 0.457. The molecule has 1 rings (SSSR count). The summed E-state index contributed by atoms with van der Waals surface area (Å²) in [6.07, 6.45) is 2.15. The second kappa shape index (κ2) is 5.45. The molecular weight excluding hydrogens is 170 g/mol. The van der Waals surface area contributed by atoms with Crippen molar-refractivity contribution in [2.75, 3.05) is 13.2 Å². The van der Waals surface area contributed by atoms with E-state index in [1.807, 2.05) is 0 Å². The van der Waals surface area contributed by atoms with Crippen LogP contribution in [0.1, 0.15) is 12.0 Å². The Labute approximate surface area is 76.5 Å². The molecule has 0 aliphatic carbocycles. The SMILES string of the molecule is NCc1ccnnc1OCCCO. The van der Waals surface area contributed by atoms with Crippen molar-refractivity contribution in [3.8, 4) is 5.88 Å². The molecule has 0 amide bonds. The molecule has 5 heteroatoms. The van der Waals surface area contributed by atoms with Crippen molar-refractivity contribution in [1.29, 1.82) is 0 Å². The molecule has 0 fully saturated rings. The van der Waals surface area contributed by atoms with Gasteiger partial charge in [0.1, 0.15) is 0 Å². The van der Waals surface area contributed by atoms with E-state index in [0.29, 0.717) is 25.5 Å². The fourth-order valence-corrected chi connectivity index (χ4v) is 0.855. The van der Waals surface area contributed by atoms with Crippen molar-refractivity contribution < 1.29 is 9.84 Å². The lowest BCUT2D eigenvalue weighted by Crippen LogP contribution is -2.07. The lowest BCUT2D eigenvalue weighted by Gasteiger charge is -2.06. The summed E-state index contributed by atoms with van der Waals surface area (Å²) >= 11 is 0. The molecule has 0 spiro atoms. The van der Waals surface area contributed by atoms with Gasteiger partial charge in [0.25, 0.3) is 0 Å². The van der Waals surface area contributed by atoms with Crippen LogP contribution in [0.15, 0.2) is 12.3 Å². The zero-order valence-electron chi connectivity index (χ0n) is 7.31. The predicted octanol–water partition coefficient (Wildman–Crippen LogP) is -0.304. The Balaban J connectivity index is 2.54. The minimum atomic E-state index is 0.109. The van der Waals surface area contributed by atoms with Crippen LogP contribution in [0.5, 0.6) is 5.88 Å². The molecule has 0 saturated carbocycles. The molecule has 1 aromatic rings. The van der Waals surface area contributed by atoms with Crippen LogP contribution >= 0.6 is 0 Å². The normalized spacial score (nSPS) is 10.0. The number of hydrogen-bond acceptors (Lipinski definition) is 5. The fourth-order valence-electron chi connectivity index (χ4n) is 0.855. The highest BCUT2D eigenvalue weighted by Gasteiger charge is 2.02. The maximum absolute atomic E-state index is 8.53. The molecule has 0 unspecified atom stereocenters. The molecule has 0 radical (unpaired) electrons. The average molecular weight is 183 g/mol. The first kappa shape index (κ1) is 9.88. The number of rotatable bonds is 5. The third kappa shape index (κ3) is 2.96. The third-order valence-electron chi connectivity index (χ3n) is 1.53. The number of nitrogens with zero attached hydrogens (tertiary/aromatic N) is 2. The second-order valence-corrected chi connectivity index (χ2v) is 2.49. The van der Waals surface area contributed by atoms with E-state index in [1.165, 1.54) is 0 Å². The van der Waals surface area contributed by atoms with Crippen molar-refractivity contribution in [3.63, 3.8) is 0 Å². The minimum Gasteiger partial charge on any atom is -0.476 e. The summed E-state index contributed by atoms with van der Waals surface area (Å²) in [5.41, 5.74) is 6.28. The molecule has 5 nitrogen and oxygen atoms in total. The Morgan fingerprint density at radius 1 is 1.54 bits per heavy atom. The monoisotopic (exact) mass is 183 g/mol. The van der Waals surface area contributed by atoms with E-state index in [4.69, 9.17) is 15.6 Å². The molecule has 1 heterocycles. The maximum Gasteiger partial charge on any atom is 0.237 e. The second-order valence-electron chi connectivity index (χ2n) is 2.49. The number of aromatic nitrogens is 2. The molecular formula is C8H13N3O2. The van der Waals surface area contributed by atoms with Gasteiger partial charge in [-0.2, -0.15) is 5.10 Å². The van der Waals surface area contributed by atoms with Crippen molar-refractivity contribution in [3.05, 3.63) is 17.8 Å². The van der Waals surface area contributed by atoms with Gasteiger partial charge in [0.15, 0.2) is 0 Å². The van der Waals surface area contributed by atoms with Gasteiger partial charge in [-0.1, -0.05) is 0 Å². The Hall–Kier alpha value is -1.20. The van der Waals surface area contributed by atoms with Crippen LogP contribution in [-0.2, 0) is 6.54 Å². The number of aliphatic hydroxyl groups is 1. The van der Waals surface area contributed by atoms with Crippen LogP contribution in [0.3, 0.4) is 0 Å². The Kier molecular flexibility index (Phi) is 4.14. The largest absolute Gasteiger partial charge is 0.476 e. The summed E-state index contributed by atoms with van der Waals surface area (Å²) in [4.78, 5) is 0. The maximum atomic E-state index is 8.53. The molecule has 0 aromatic carbocycles. The molecule has 3 N–H and O–H groups in total. The van der Waals surface area contributed by atoms with Crippen LogP contribution in [0, 0.1) is 0 Å². The van der Waals surface area contributed by atoms with Gasteiger partial charge in [0.05, 0.1) is 12.8 Å². The van der Waals surface area contributed by atoms with Crippen LogP contribution in [0.4, 0.5) is 0 Å². The molecule has 0 aliphatic rings. The lowest BCUT2D eigenvalue weighted by atomic mass is 10.3. The van der Waals surface area contributed by atoms with Crippen molar-refractivity contribution in [2.24, 2.45) is 5.73 Å². The van der Waals surface area contributed by atoms with Crippen LogP contribution in [-0.4, -0.2) is 28.5 Å². The third-order valence-corrected chi connectivity index (χ3v) is 1.53. The van der Waals surface area contributed by atoms with Gasteiger partial charge in [0, 0.05) is 25.1 Å². The Morgan fingerprint density at radius 2 is 2.38 bits per heavy atom. The van der Waals surface area contributed by atoms with Crippen molar-refractivity contribution >= 4 is 0 Å². The summed E-state index contributed by atoms with van der Waals surface area (Å²) in [6, 6.07) is 1.77.